The van der Waals surface area contributed by atoms with Gasteiger partial charge in [-0.15, -0.1) is 0 Å². The van der Waals surface area contributed by atoms with Crippen molar-refractivity contribution in [2.24, 2.45) is 5.92 Å². The maximum Gasteiger partial charge on any atom is 0.309 e. The van der Waals surface area contributed by atoms with Crippen LogP contribution in [0.2, 0.25) is 0 Å². The quantitative estimate of drug-likeness (QED) is 0.0380. The van der Waals surface area contributed by atoms with Crippen molar-refractivity contribution in [3.05, 3.63) is 0 Å². The molecule has 7 N–H and O–H groups in total. The van der Waals surface area contributed by atoms with Crippen LogP contribution in [0.5, 0.6) is 0 Å². The summed E-state index contributed by atoms with van der Waals surface area (Å²) in [6.07, 6.45) is -10.2. The number of aliphatic hydroxyl groups excluding tert-OH is 7. The van der Waals surface area contributed by atoms with Crippen LogP contribution in [0.1, 0.15) is 203 Å². The fourth-order valence-corrected chi connectivity index (χ4v) is 10.9. The molecule has 5 rings (SSSR count). The molecular formula is C57H100O21. The van der Waals surface area contributed by atoms with Gasteiger partial charge in [0.2, 0.25) is 0 Å². The number of hydrogen-bond acceptors (Lipinski definition) is 21. The first-order valence-electron chi connectivity index (χ1n) is 30.0. The van der Waals surface area contributed by atoms with Gasteiger partial charge in [0.15, 0.2) is 43.5 Å². The first-order chi connectivity index (χ1) is 37.4. The highest BCUT2D eigenvalue weighted by atomic mass is 16.8. The second kappa shape index (κ2) is 34.4. The third kappa shape index (κ3) is 19.5. The Hall–Kier alpha value is -2.19. The summed E-state index contributed by atoms with van der Waals surface area (Å²) in [5, 5.41) is 79.9. The summed E-state index contributed by atoms with van der Waals surface area (Å²) >= 11 is 0. The first-order valence-corrected chi connectivity index (χ1v) is 30.0. The lowest BCUT2D eigenvalue weighted by Gasteiger charge is -2.49. The molecule has 0 aliphatic carbocycles. The Morgan fingerprint density at radius 1 is 0.551 bits per heavy atom. The van der Waals surface area contributed by atoms with Crippen molar-refractivity contribution in [2.75, 3.05) is 6.61 Å². The zero-order valence-corrected chi connectivity index (χ0v) is 47.7. The van der Waals surface area contributed by atoms with Gasteiger partial charge in [-0.25, -0.2) is 0 Å². The van der Waals surface area contributed by atoms with Crippen LogP contribution < -0.4 is 0 Å². The fraction of sp³-hybridized carbons (Fsp3) is 0.947. The Labute approximate surface area is 462 Å². The maximum atomic E-state index is 13.8. The summed E-state index contributed by atoms with van der Waals surface area (Å²) in [7, 11) is 0. The Morgan fingerprint density at radius 3 is 1.81 bits per heavy atom. The van der Waals surface area contributed by atoms with Crippen LogP contribution in [0.25, 0.3) is 0 Å². The van der Waals surface area contributed by atoms with E-state index in [0.29, 0.717) is 32.1 Å². The molecule has 21 heteroatoms. The summed E-state index contributed by atoms with van der Waals surface area (Å²) in [4.78, 5) is 40.2. The van der Waals surface area contributed by atoms with Gasteiger partial charge in [0, 0.05) is 12.8 Å². The van der Waals surface area contributed by atoms with Crippen molar-refractivity contribution < 1.29 is 102 Å². The van der Waals surface area contributed by atoms with Crippen LogP contribution in [-0.4, -0.2) is 189 Å². The van der Waals surface area contributed by atoms with Gasteiger partial charge < -0.3 is 87.9 Å². The number of aliphatic hydroxyl groups is 7. The number of unbranched alkanes of at least 4 members (excludes halogenated alkanes) is 10. The van der Waals surface area contributed by atoms with E-state index in [1.54, 1.807) is 13.8 Å². The van der Waals surface area contributed by atoms with Gasteiger partial charge in [-0.05, 0) is 52.9 Å². The van der Waals surface area contributed by atoms with Crippen LogP contribution in [0.4, 0.5) is 0 Å². The number of fused-ring (bicyclic) bond motifs is 3. The van der Waals surface area contributed by atoms with Crippen molar-refractivity contribution >= 4 is 17.9 Å². The number of hydrogen-bond donors (Lipinski definition) is 7. The average molecular weight is 1120 g/mol. The largest absolute Gasteiger partial charge is 0.457 e. The highest BCUT2D eigenvalue weighted by Crippen LogP contribution is 2.37. The van der Waals surface area contributed by atoms with Crippen molar-refractivity contribution in [3.63, 3.8) is 0 Å². The molecule has 5 aliphatic rings. The Balaban J connectivity index is 1.40. The minimum atomic E-state index is -1.83. The van der Waals surface area contributed by atoms with Gasteiger partial charge in [-0.1, -0.05) is 137 Å². The summed E-state index contributed by atoms with van der Waals surface area (Å²) < 4.78 is 68.0. The molecule has 0 aromatic carbocycles. The van der Waals surface area contributed by atoms with Gasteiger partial charge in [0.1, 0.15) is 61.0 Å². The van der Waals surface area contributed by atoms with Crippen LogP contribution in [0.3, 0.4) is 0 Å². The van der Waals surface area contributed by atoms with E-state index in [0.717, 1.165) is 96.3 Å². The number of ether oxygens (including phenoxy) is 11. The molecule has 0 radical (unpaired) electrons. The standard InChI is InChI=1S/C57H100O21/c1-8-11-13-14-15-16-19-22-27-31-40(60)74-52-45(65)48(76-54-44(64)43(63)47(34(5)68-54)75-53(67)33(4)10-3)35(6)70-56(52)77-49-36(7)69-55-46(66)50(49)73-39(59)30-26-23-20-17-18-21-25-29-37(28-24-12-9-2)71-57-51(78-55)42(62)41(61)38(32-58)72-57/h33-38,41-52,54-58,61-66H,8-32H2,1-7H3/t33-,34-,35-,36-,37-,38+,41+,42-,43-,44+,45+,46+,47-,48-,49-,50-,51+,52+,54-,55-,56-,57+/m0/s1. The second-order valence-electron chi connectivity index (χ2n) is 22.6. The highest BCUT2D eigenvalue weighted by Gasteiger charge is 2.57. The number of esters is 3. The molecule has 2 bridgehead atoms. The SMILES string of the molecule is CCCCCCCCCCCC(=O)O[C@H]1[C@H](O[C@@H]2[C@H]3OC(=O)CCCCCCCCC[C@H](CCCCC)O[C@@H]4O[C@H](CO)[C@@H](O)[C@H](O)[C@H]4O[C@H](O[C@H]2C)[C@@H]3O)O[C@@H](C)[C@H](O[C@@H]2O[C@@H](C)[C@H](OC(=O)[C@@H](C)CC)[C@@H](O)[C@H]2O)[C@H]1O. The first kappa shape index (κ1) is 66.6. The third-order valence-electron chi connectivity index (χ3n) is 16.1. The van der Waals surface area contributed by atoms with Gasteiger partial charge in [-0.3, -0.25) is 14.4 Å². The van der Waals surface area contributed by atoms with Crippen LogP contribution in [-0.2, 0) is 66.5 Å². The molecule has 0 aromatic rings. The maximum absolute atomic E-state index is 13.8. The topological polar surface area (TPSA) is 294 Å². The zero-order valence-electron chi connectivity index (χ0n) is 47.7. The predicted molar refractivity (Wildman–Crippen MR) is 281 cm³/mol. The minimum absolute atomic E-state index is 0.00659. The van der Waals surface area contributed by atoms with Crippen LogP contribution >= 0.6 is 0 Å². The number of rotatable bonds is 23. The molecule has 5 fully saturated rings. The normalized spacial score (nSPS) is 39.1. The van der Waals surface area contributed by atoms with Gasteiger partial charge in [-0.2, -0.15) is 0 Å². The van der Waals surface area contributed by atoms with Gasteiger partial charge >= 0.3 is 17.9 Å². The van der Waals surface area contributed by atoms with Crippen molar-refractivity contribution in [3.8, 4) is 0 Å². The molecule has 21 nitrogen and oxygen atoms in total. The molecule has 0 spiro atoms. The Morgan fingerprint density at radius 2 is 1.14 bits per heavy atom. The van der Waals surface area contributed by atoms with E-state index in [9.17, 15) is 50.1 Å². The number of carbonyl (C=O) groups excluding carboxylic acids is 3. The van der Waals surface area contributed by atoms with Gasteiger partial charge in [0.25, 0.3) is 0 Å². The van der Waals surface area contributed by atoms with E-state index in [1.165, 1.54) is 26.7 Å². The van der Waals surface area contributed by atoms with Gasteiger partial charge in [0.05, 0.1) is 36.9 Å². The molecule has 0 unspecified atom stereocenters. The third-order valence-corrected chi connectivity index (χ3v) is 16.1. The lowest BCUT2D eigenvalue weighted by atomic mass is 9.95. The molecule has 5 heterocycles. The van der Waals surface area contributed by atoms with Crippen LogP contribution in [0, 0.1) is 5.92 Å². The summed E-state index contributed by atoms with van der Waals surface area (Å²) in [6.45, 7) is 11.8. The molecule has 0 saturated carbocycles. The average Bonchev–Trinajstić information content (AvgIpc) is 3.52. The van der Waals surface area contributed by atoms with E-state index < -0.39 is 153 Å². The summed E-state index contributed by atoms with van der Waals surface area (Å²) in [6, 6.07) is 0. The van der Waals surface area contributed by atoms with Crippen molar-refractivity contribution in [1.82, 2.24) is 0 Å². The second-order valence-corrected chi connectivity index (χ2v) is 22.6. The monoisotopic (exact) mass is 1120 g/mol. The molecule has 454 valence electrons. The fourth-order valence-electron chi connectivity index (χ4n) is 10.9. The van der Waals surface area contributed by atoms with Crippen molar-refractivity contribution in [2.45, 2.75) is 331 Å². The molecule has 22 atom stereocenters. The zero-order chi connectivity index (χ0) is 56.9. The lowest BCUT2D eigenvalue weighted by Crippen LogP contribution is -2.67. The predicted octanol–water partition coefficient (Wildman–Crippen LogP) is 5.45. The Bertz CT molecular complexity index is 1710. The van der Waals surface area contributed by atoms with Crippen LogP contribution in [0.15, 0.2) is 0 Å². The molecule has 0 aromatic heterocycles. The minimum Gasteiger partial charge on any atom is -0.457 e. The van der Waals surface area contributed by atoms with E-state index in [2.05, 4.69) is 13.8 Å². The van der Waals surface area contributed by atoms with E-state index in [1.807, 2.05) is 6.92 Å². The molecule has 78 heavy (non-hydrogen) atoms. The number of carbonyl (C=O) groups is 3. The smallest absolute Gasteiger partial charge is 0.309 e. The summed E-state index contributed by atoms with van der Waals surface area (Å²) in [5.41, 5.74) is 0. The van der Waals surface area contributed by atoms with Crippen molar-refractivity contribution in [1.29, 1.82) is 0 Å². The molecular weight excluding hydrogens is 1020 g/mol. The lowest BCUT2D eigenvalue weighted by molar-refractivity contribution is -0.388. The summed E-state index contributed by atoms with van der Waals surface area (Å²) in [5.74, 6) is -2.39. The van der Waals surface area contributed by atoms with E-state index in [-0.39, 0.29) is 18.9 Å². The highest BCUT2D eigenvalue weighted by molar-refractivity contribution is 5.72. The molecule has 0 amide bonds. The molecule has 5 aliphatic heterocycles. The van der Waals surface area contributed by atoms with E-state index >= 15 is 0 Å². The van der Waals surface area contributed by atoms with E-state index in [4.69, 9.17) is 52.1 Å². The molecule has 5 saturated heterocycles. The Kier molecular flexibility index (Phi) is 29.4.